The molecule has 0 aromatic heterocycles. The summed E-state index contributed by atoms with van der Waals surface area (Å²) >= 11 is 0. The summed E-state index contributed by atoms with van der Waals surface area (Å²) in [5.41, 5.74) is 1.24. The van der Waals surface area contributed by atoms with Crippen LogP contribution in [0.25, 0.3) is 0 Å². The van der Waals surface area contributed by atoms with Gasteiger partial charge in [0.05, 0.1) is 19.7 Å². The summed E-state index contributed by atoms with van der Waals surface area (Å²) in [5, 5.41) is 7.02. The van der Waals surface area contributed by atoms with E-state index in [1.807, 2.05) is 6.07 Å². The van der Waals surface area contributed by atoms with Crippen LogP contribution in [0.2, 0.25) is 0 Å². The molecule has 0 bridgehead atoms. The molecular weight excluding hydrogens is 501 g/mol. The van der Waals surface area contributed by atoms with Gasteiger partial charge in [0, 0.05) is 18.7 Å². The van der Waals surface area contributed by atoms with Crippen molar-refractivity contribution in [3.05, 3.63) is 29.8 Å². The Bertz CT molecular complexity index is 657. The molecule has 0 saturated carbocycles. The molecule has 0 radical (unpaired) electrons. The minimum Gasteiger partial charge on any atom is -0.496 e. The number of halogens is 1. The van der Waals surface area contributed by atoms with Crippen molar-refractivity contribution in [2.24, 2.45) is 10.9 Å². The average molecular weight is 544 g/mol. The zero-order chi connectivity index (χ0) is 21.2. The molecule has 0 spiro atoms. The molecule has 176 valence electrons. The van der Waals surface area contributed by atoms with Gasteiger partial charge >= 0.3 is 0 Å². The Morgan fingerprint density at radius 3 is 2.52 bits per heavy atom. The summed E-state index contributed by atoms with van der Waals surface area (Å²) in [6.45, 7) is 9.48. The van der Waals surface area contributed by atoms with E-state index in [4.69, 9.17) is 9.73 Å². The Morgan fingerprint density at radius 1 is 1.13 bits per heavy atom. The molecule has 1 aromatic rings. The van der Waals surface area contributed by atoms with Crippen LogP contribution in [0.15, 0.2) is 29.3 Å². The minimum atomic E-state index is 0. The molecule has 1 aromatic carbocycles. The van der Waals surface area contributed by atoms with Crippen molar-refractivity contribution in [1.29, 1.82) is 0 Å². The fourth-order valence-electron chi connectivity index (χ4n) is 4.67. The first-order valence-electron chi connectivity index (χ1n) is 11.8. The first-order chi connectivity index (χ1) is 14.7. The van der Waals surface area contributed by atoms with Crippen LogP contribution in [-0.4, -0.2) is 75.7 Å². The van der Waals surface area contributed by atoms with Gasteiger partial charge in [0.1, 0.15) is 5.75 Å². The van der Waals surface area contributed by atoms with E-state index in [-0.39, 0.29) is 30.0 Å². The van der Waals surface area contributed by atoms with Gasteiger partial charge in [-0.25, -0.2) is 0 Å². The number of piperidine rings is 1. The number of likely N-dealkylation sites (tertiary alicyclic amines) is 2. The van der Waals surface area contributed by atoms with Crippen LogP contribution < -0.4 is 15.4 Å². The van der Waals surface area contributed by atoms with Crippen LogP contribution in [0.4, 0.5) is 0 Å². The molecule has 3 rings (SSSR count). The number of guanidine groups is 1. The van der Waals surface area contributed by atoms with Gasteiger partial charge in [-0.05, 0) is 84.2 Å². The number of nitrogens with one attached hydrogen (secondary N) is 2. The van der Waals surface area contributed by atoms with Gasteiger partial charge in [0.2, 0.25) is 0 Å². The molecule has 31 heavy (non-hydrogen) atoms. The van der Waals surface area contributed by atoms with E-state index < -0.39 is 0 Å². The van der Waals surface area contributed by atoms with Gasteiger partial charge in [-0.3, -0.25) is 9.89 Å². The molecule has 2 aliphatic rings. The van der Waals surface area contributed by atoms with Crippen LogP contribution >= 0.6 is 24.0 Å². The molecule has 0 aliphatic carbocycles. The number of nitrogens with zero attached hydrogens (tertiary/aromatic N) is 3. The minimum absolute atomic E-state index is 0. The van der Waals surface area contributed by atoms with E-state index in [1.165, 1.54) is 50.8 Å². The van der Waals surface area contributed by atoms with E-state index in [9.17, 15) is 0 Å². The summed E-state index contributed by atoms with van der Waals surface area (Å²) < 4.78 is 5.67. The Balaban J connectivity index is 0.00000341. The summed E-state index contributed by atoms with van der Waals surface area (Å²) in [5.74, 6) is 2.73. The third-order valence-electron chi connectivity index (χ3n) is 6.53. The molecule has 2 aliphatic heterocycles. The van der Waals surface area contributed by atoms with E-state index in [0.717, 1.165) is 50.4 Å². The second-order valence-electron chi connectivity index (χ2n) is 8.68. The van der Waals surface area contributed by atoms with Crippen molar-refractivity contribution in [2.45, 2.75) is 45.1 Å². The van der Waals surface area contributed by atoms with E-state index in [0.29, 0.717) is 0 Å². The molecule has 2 saturated heterocycles. The summed E-state index contributed by atoms with van der Waals surface area (Å²) in [4.78, 5) is 9.99. The maximum absolute atomic E-state index is 5.67. The van der Waals surface area contributed by atoms with Crippen LogP contribution in [0, 0.1) is 5.92 Å². The number of rotatable bonds is 9. The van der Waals surface area contributed by atoms with E-state index in [1.54, 1.807) is 7.11 Å². The zero-order valence-electron chi connectivity index (χ0n) is 19.6. The van der Waals surface area contributed by atoms with Gasteiger partial charge in [0.15, 0.2) is 5.96 Å². The molecule has 7 heteroatoms. The first kappa shape index (κ1) is 26.2. The maximum atomic E-state index is 5.67. The van der Waals surface area contributed by atoms with Crippen LogP contribution in [0.1, 0.15) is 50.6 Å². The second kappa shape index (κ2) is 14.2. The van der Waals surface area contributed by atoms with E-state index in [2.05, 4.69) is 52.6 Å². The van der Waals surface area contributed by atoms with E-state index >= 15 is 0 Å². The maximum Gasteiger partial charge on any atom is 0.191 e. The highest BCUT2D eigenvalue weighted by Gasteiger charge is 2.25. The molecule has 2 fully saturated rings. The lowest BCUT2D eigenvalue weighted by atomic mass is 9.94. The SMILES string of the molecule is CCNC(=NCC(c1ccccc1OC)N1CCCC1)NCCC1CCN(C)CC1.I. The van der Waals surface area contributed by atoms with Crippen molar-refractivity contribution in [3.63, 3.8) is 0 Å². The number of ether oxygens (including phenoxy) is 1. The third-order valence-corrected chi connectivity index (χ3v) is 6.53. The number of hydrogen-bond donors (Lipinski definition) is 2. The summed E-state index contributed by atoms with van der Waals surface area (Å²) in [6, 6.07) is 8.66. The smallest absolute Gasteiger partial charge is 0.191 e. The fourth-order valence-corrected chi connectivity index (χ4v) is 4.67. The predicted molar refractivity (Wildman–Crippen MR) is 141 cm³/mol. The topological polar surface area (TPSA) is 52.1 Å². The summed E-state index contributed by atoms with van der Waals surface area (Å²) in [6.07, 6.45) is 6.39. The van der Waals surface area contributed by atoms with Crippen LogP contribution in [-0.2, 0) is 0 Å². The monoisotopic (exact) mass is 543 g/mol. The number of benzene rings is 1. The highest BCUT2D eigenvalue weighted by Crippen LogP contribution is 2.31. The second-order valence-corrected chi connectivity index (χ2v) is 8.68. The number of hydrogen-bond acceptors (Lipinski definition) is 4. The average Bonchev–Trinajstić information content (AvgIpc) is 3.30. The molecule has 0 amide bonds. The zero-order valence-corrected chi connectivity index (χ0v) is 21.9. The van der Waals surface area contributed by atoms with Crippen LogP contribution in [0.3, 0.4) is 0 Å². The fraction of sp³-hybridized carbons (Fsp3) is 0.708. The van der Waals surface area contributed by atoms with Crippen molar-refractivity contribution < 1.29 is 4.74 Å². The van der Waals surface area contributed by atoms with Crippen molar-refractivity contribution >= 4 is 29.9 Å². The van der Waals surface area contributed by atoms with Gasteiger partial charge in [0.25, 0.3) is 0 Å². The lowest BCUT2D eigenvalue weighted by Crippen LogP contribution is -2.40. The largest absolute Gasteiger partial charge is 0.496 e. The molecule has 2 heterocycles. The van der Waals surface area contributed by atoms with Gasteiger partial charge in [-0.1, -0.05) is 18.2 Å². The predicted octanol–water partition coefficient (Wildman–Crippen LogP) is 3.74. The van der Waals surface area contributed by atoms with Gasteiger partial charge < -0.3 is 20.3 Å². The van der Waals surface area contributed by atoms with Crippen molar-refractivity contribution in [2.75, 3.05) is 60.0 Å². The lowest BCUT2D eigenvalue weighted by molar-refractivity contribution is 0.213. The Kier molecular flexibility index (Phi) is 12.0. The number of para-hydroxylation sites is 1. The van der Waals surface area contributed by atoms with Gasteiger partial charge in [-0.15, -0.1) is 24.0 Å². The molecule has 6 nitrogen and oxygen atoms in total. The van der Waals surface area contributed by atoms with Crippen molar-refractivity contribution in [3.8, 4) is 5.75 Å². The molecular formula is C24H42IN5O. The number of aliphatic imine (C=N–C) groups is 1. The first-order valence-corrected chi connectivity index (χ1v) is 11.8. The Morgan fingerprint density at radius 2 is 1.84 bits per heavy atom. The Labute approximate surface area is 206 Å². The lowest BCUT2D eigenvalue weighted by Gasteiger charge is -2.29. The normalized spacial score (nSPS) is 19.6. The quantitative estimate of drug-likeness (QED) is 0.283. The van der Waals surface area contributed by atoms with Crippen molar-refractivity contribution in [1.82, 2.24) is 20.4 Å². The Hall–Kier alpha value is -1.06. The van der Waals surface area contributed by atoms with Crippen LogP contribution in [0.5, 0.6) is 5.75 Å². The highest BCUT2D eigenvalue weighted by molar-refractivity contribution is 14.0. The standard InChI is InChI=1S/C24H41N5O.HI/c1-4-25-24(26-14-11-20-12-17-28(2)18-13-20)27-19-22(29-15-7-8-16-29)21-9-5-6-10-23(21)30-3;/h5-6,9-10,20,22H,4,7-8,11-19H2,1-3H3,(H2,25,26,27);1H. The molecule has 1 atom stereocenters. The molecule has 2 N–H and O–H groups in total. The summed E-state index contributed by atoms with van der Waals surface area (Å²) in [7, 11) is 3.99. The highest BCUT2D eigenvalue weighted by atomic mass is 127. The third kappa shape index (κ3) is 8.09. The number of methoxy groups -OCH3 is 1. The van der Waals surface area contributed by atoms with Gasteiger partial charge in [-0.2, -0.15) is 0 Å². The molecule has 1 unspecified atom stereocenters.